The Morgan fingerprint density at radius 3 is 2.53 bits per heavy atom. The molecule has 3 rings (SSSR count). The van der Waals surface area contributed by atoms with Crippen molar-refractivity contribution >= 4 is 29.5 Å². The van der Waals surface area contributed by atoms with Crippen LogP contribution in [0.4, 0.5) is 10.5 Å². The summed E-state index contributed by atoms with van der Waals surface area (Å²) in [5.41, 5.74) is 0.986. The maximum Gasteiger partial charge on any atom is 0.322 e. The molecule has 156 valence electrons. The summed E-state index contributed by atoms with van der Waals surface area (Å²) in [6.45, 7) is 0. The second-order valence-corrected chi connectivity index (χ2v) is 6.56. The topological polar surface area (TPSA) is 123 Å². The van der Waals surface area contributed by atoms with Gasteiger partial charge >= 0.3 is 12.0 Å². The summed E-state index contributed by atoms with van der Waals surface area (Å²) in [4.78, 5) is 48.0. The summed E-state index contributed by atoms with van der Waals surface area (Å²) in [5.74, 6) is -1.13. The fraction of sp³-hybridized carbons (Fsp3) is 0.238. The van der Waals surface area contributed by atoms with Gasteiger partial charge in [0.2, 0.25) is 6.10 Å². The number of hydrogen-bond donors (Lipinski definition) is 3. The van der Waals surface area contributed by atoms with Crippen molar-refractivity contribution in [3.05, 3.63) is 60.2 Å². The Balaban J connectivity index is 1.67. The van der Waals surface area contributed by atoms with Gasteiger partial charge in [0.1, 0.15) is 11.8 Å². The second-order valence-electron chi connectivity index (χ2n) is 6.56. The van der Waals surface area contributed by atoms with Gasteiger partial charge in [-0.1, -0.05) is 36.4 Å². The third-order valence-electron chi connectivity index (χ3n) is 4.42. The number of carbonyl (C=O) groups excluding carboxylic acids is 4. The minimum absolute atomic E-state index is 0.0649. The van der Waals surface area contributed by atoms with Crippen LogP contribution in [0.1, 0.15) is 24.5 Å². The molecule has 1 heterocycles. The molecule has 2 aromatic rings. The number of nitrogens with one attached hydrogen (secondary N) is 3. The van der Waals surface area contributed by atoms with Crippen LogP contribution in [0.15, 0.2) is 54.6 Å². The first-order valence-electron chi connectivity index (χ1n) is 9.27. The van der Waals surface area contributed by atoms with Gasteiger partial charge in [-0.3, -0.25) is 19.7 Å². The first-order chi connectivity index (χ1) is 14.5. The van der Waals surface area contributed by atoms with Gasteiger partial charge in [-0.25, -0.2) is 4.79 Å². The van der Waals surface area contributed by atoms with Crippen LogP contribution in [0.5, 0.6) is 5.75 Å². The molecule has 0 unspecified atom stereocenters. The Morgan fingerprint density at radius 1 is 1.10 bits per heavy atom. The number of ether oxygens (including phenoxy) is 2. The van der Waals surface area contributed by atoms with E-state index in [1.807, 2.05) is 0 Å². The zero-order chi connectivity index (χ0) is 21.5. The molecule has 1 saturated heterocycles. The molecule has 1 aliphatic rings. The molecular weight excluding hydrogens is 390 g/mol. The zero-order valence-electron chi connectivity index (χ0n) is 16.2. The van der Waals surface area contributed by atoms with Crippen LogP contribution < -0.4 is 20.7 Å². The normalized spacial score (nSPS) is 16.2. The third kappa shape index (κ3) is 5.34. The molecule has 3 N–H and O–H groups in total. The van der Waals surface area contributed by atoms with Crippen LogP contribution in [-0.4, -0.2) is 37.0 Å². The predicted molar refractivity (Wildman–Crippen MR) is 107 cm³/mol. The van der Waals surface area contributed by atoms with Crippen molar-refractivity contribution in [2.45, 2.75) is 25.0 Å². The van der Waals surface area contributed by atoms with Gasteiger partial charge in [-0.2, -0.15) is 0 Å². The van der Waals surface area contributed by atoms with Crippen molar-refractivity contribution in [3.8, 4) is 5.75 Å². The van der Waals surface area contributed by atoms with Crippen LogP contribution in [0.2, 0.25) is 0 Å². The summed E-state index contributed by atoms with van der Waals surface area (Å²) in [6.07, 6.45) is -1.26. The van der Waals surface area contributed by atoms with Gasteiger partial charge in [0, 0.05) is 23.7 Å². The first-order valence-corrected chi connectivity index (χ1v) is 9.27. The van der Waals surface area contributed by atoms with E-state index in [1.165, 1.54) is 7.11 Å². The van der Waals surface area contributed by atoms with Gasteiger partial charge in [0.25, 0.3) is 11.8 Å². The van der Waals surface area contributed by atoms with Gasteiger partial charge in [0.05, 0.1) is 7.11 Å². The fourth-order valence-corrected chi connectivity index (χ4v) is 2.92. The molecule has 0 saturated carbocycles. The van der Waals surface area contributed by atoms with E-state index in [-0.39, 0.29) is 12.8 Å². The Bertz CT molecular complexity index is 947. The molecule has 9 nitrogen and oxygen atoms in total. The quantitative estimate of drug-likeness (QED) is 0.450. The Labute approximate surface area is 172 Å². The average molecular weight is 411 g/mol. The highest BCUT2D eigenvalue weighted by molar-refractivity contribution is 6.04. The smallest absolute Gasteiger partial charge is 0.322 e. The number of esters is 1. The number of amides is 4. The monoisotopic (exact) mass is 411 g/mol. The van der Waals surface area contributed by atoms with E-state index in [9.17, 15) is 19.2 Å². The molecule has 0 spiro atoms. The molecule has 2 atom stereocenters. The molecule has 2 aromatic carbocycles. The van der Waals surface area contributed by atoms with Crippen molar-refractivity contribution < 1.29 is 28.7 Å². The maximum absolute atomic E-state index is 12.9. The lowest BCUT2D eigenvalue weighted by Gasteiger charge is -2.18. The van der Waals surface area contributed by atoms with Gasteiger partial charge < -0.3 is 20.1 Å². The maximum atomic E-state index is 12.9. The van der Waals surface area contributed by atoms with Crippen LogP contribution in [-0.2, 0) is 19.1 Å². The molecular formula is C21H21N3O6. The number of carbonyl (C=O) groups is 4. The van der Waals surface area contributed by atoms with Crippen LogP contribution in [0.3, 0.4) is 0 Å². The standard InChI is InChI=1S/C21H21N3O6/c1-29-15-9-5-8-14(12-15)22-20(27)18(13-6-3-2-4-7-13)30-17(25)11-10-16-19(26)24-21(28)23-16/h2-9,12,16,18H,10-11H2,1H3,(H,22,27)(H2,23,24,26,28)/t16-,18+/m1/s1. The van der Waals surface area contributed by atoms with Crippen molar-refractivity contribution in [1.82, 2.24) is 10.6 Å². The van der Waals surface area contributed by atoms with Gasteiger partial charge in [0.15, 0.2) is 0 Å². The Hall–Kier alpha value is -3.88. The first kappa shape index (κ1) is 20.8. The van der Waals surface area contributed by atoms with Crippen LogP contribution >= 0.6 is 0 Å². The van der Waals surface area contributed by atoms with E-state index < -0.39 is 36.0 Å². The average Bonchev–Trinajstić information content (AvgIpc) is 3.08. The van der Waals surface area contributed by atoms with E-state index >= 15 is 0 Å². The number of rotatable bonds is 8. The third-order valence-corrected chi connectivity index (χ3v) is 4.42. The number of anilines is 1. The number of urea groups is 1. The zero-order valence-corrected chi connectivity index (χ0v) is 16.2. The fourth-order valence-electron chi connectivity index (χ4n) is 2.92. The number of imide groups is 1. The minimum Gasteiger partial charge on any atom is -0.497 e. The van der Waals surface area contributed by atoms with E-state index in [2.05, 4.69) is 16.0 Å². The van der Waals surface area contributed by atoms with E-state index in [0.717, 1.165) is 0 Å². The Morgan fingerprint density at radius 2 is 1.87 bits per heavy atom. The number of benzene rings is 2. The summed E-state index contributed by atoms with van der Waals surface area (Å²) in [7, 11) is 1.52. The van der Waals surface area contributed by atoms with Crippen molar-refractivity contribution in [1.29, 1.82) is 0 Å². The molecule has 0 radical (unpaired) electrons. The van der Waals surface area contributed by atoms with Crippen LogP contribution in [0.25, 0.3) is 0 Å². The van der Waals surface area contributed by atoms with E-state index in [0.29, 0.717) is 17.0 Å². The summed E-state index contributed by atoms with van der Waals surface area (Å²) in [5, 5.41) is 7.22. The molecule has 0 aromatic heterocycles. The largest absolute Gasteiger partial charge is 0.497 e. The predicted octanol–water partition coefficient (Wildman–Crippen LogP) is 1.91. The second kappa shape index (κ2) is 9.55. The lowest BCUT2D eigenvalue weighted by molar-refractivity contribution is -0.155. The molecule has 1 fully saturated rings. The summed E-state index contributed by atoms with van der Waals surface area (Å²) >= 11 is 0. The van der Waals surface area contributed by atoms with Crippen molar-refractivity contribution in [3.63, 3.8) is 0 Å². The van der Waals surface area contributed by atoms with Crippen LogP contribution in [0, 0.1) is 0 Å². The van der Waals surface area contributed by atoms with Crippen molar-refractivity contribution in [2.75, 3.05) is 12.4 Å². The molecule has 1 aliphatic heterocycles. The Kier molecular flexibility index (Phi) is 6.63. The molecule has 4 amide bonds. The van der Waals surface area contributed by atoms with Gasteiger partial charge in [-0.05, 0) is 18.6 Å². The SMILES string of the molecule is COc1cccc(NC(=O)[C@@H](OC(=O)CC[C@H]2NC(=O)NC2=O)c2ccccc2)c1. The molecule has 9 heteroatoms. The molecule has 0 aliphatic carbocycles. The highest BCUT2D eigenvalue weighted by Crippen LogP contribution is 2.23. The molecule has 30 heavy (non-hydrogen) atoms. The summed E-state index contributed by atoms with van der Waals surface area (Å²) < 4.78 is 10.6. The molecule has 0 bridgehead atoms. The minimum atomic E-state index is -1.18. The summed E-state index contributed by atoms with van der Waals surface area (Å²) in [6, 6.07) is 14.0. The highest BCUT2D eigenvalue weighted by atomic mass is 16.5. The highest BCUT2D eigenvalue weighted by Gasteiger charge is 2.31. The number of methoxy groups -OCH3 is 1. The van der Waals surface area contributed by atoms with E-state index in [1.54, 1.807) is 54.6 Å². The van der Waals surface area contributed by atoms with Gasteiger partial charge in [-0.15, -0.1) is 0 Å². The van der Waals surface area contributed by atoms with E-state index in [4.69, 9.17) is 9.47 Å². The number of hydrogen-bond acceptors (Lipinski definition) is 6. The lowest BCUT2D eigenvalue weighted by Crippen LogP contribution is -2.30. The lowest BCUT2D eigenvalue weighted by atomic mass is 10.1. The van der Waals surface area contributed by atoms with Crippen molar-refractivity contribution in [2.24, 2.45) is 0 Å².